The van der Waals surface area contributed by atoms with Crippen LogP contribution in [0.2, 0.25) is 0 Å². The van der Waals surface area contributed by atoms with E-state index in [9.17, 15) is 4.79 Å². The van der Waals surface area contributed by atoms with Crippen molar-refractivity contribution in [2.24, 2.45) is 5.73 Å². The molecule has 0 aromatic heterocycles. The molecule has 0 aromatic carbocycles. The second-order valence-corrected chi connectivity index (χ2v) is 5.70. The van der Waals surface area contributed by atoms with Gasteiger partial charge in [0.15, 0.2) is 0 Å². The smallest absolute Gasteiger partial charge is 0.219 e. The Bertz CT molecular complexity index is 189. The average molecular weight is 274 g/mol. The molecule has 0 atom stereocenters. The minimum Gasteiger partial charge on any atom is -0.356 e. The van der Waals surface area contributed by atoms with E-state index in [1.165, 1.54) is 25.0 Å². The lowest BCUT2D eigenvalue weighted by atomic mass is 10.1. The highest BCUT2D eigenvalue weighted by molar-refractivity contribution is 7.98. The average Bonchev–Trinajstić information content (AvgIpc) is 2.37. The number of hydrogen-bond acceptors (Lipinski definition) is 3. The van der Waals surface area contributed by atoms with E-state index in [-0.39, 0.29) is 5.91 Å². The van der Waals surface area contributed by atoms with Gasteiger partial charge in [-0.25, -0.2) is 0 Å². The maximum Gasteiger partial charge on any atom is 0.219 e. The second-order valence-electron chi connectivity index (χ2n) is 4.71. The third-order valence-corrected chi connectivity index (χ3v) is 3.65. The Morgan fingerprint density at radius 2 is 1.67 bits per heavy atom. The van der Waals surface area contributed by atoms with E-state index in [0.717, 1.165) is 45.2 Å². The highest BCUT2D eigenvalue weighted by Crippen LogP contribution is 2.04. The summed E-state index contributed by atoms with van der Waals surface area (Å²) in [5.41, 5.74) is 5.41. The van der Waals surface area contributed by atoms with Gasteiger partial charge < -0.3 is 11.1 Å². The van der Waals surface area contributed by atoms with E-state index in [1.54, 1.807) is 0 Å². The van der Waals surface area contributed by atoms with Crippen LogP contribution in [0.15, 0.2) is 0 Å². The van der Waals surface area contributed by atoms with Crippen molar-refractivity contribution in [3.63, 3.8) is 0 Å². The van der Waals surface area contributed by atoms with E-state index < -0.39 is 0 Å². The summed E-state index contributed by atoms with van der Waals surface area (Å²) in [5, 5.41) is 3.00. The Morgan fingerprint density at radius 1 is 1.00 bits per heavy atom. The Kier molecular flexibility index (Phi) is 14.7. The van der Waals surface area contributed by atoms with E-state index >= 15 is 0 Å². The van der Waals surface area contributed by atoms with Crippen LogP contribution in [0.1, 0.15) is 57.8 Å². The Balaban J connectivity index is 3.12. The van der Waals surface area contributed by atoms with Gasteiger partial charge in [0.1, 0.15) is 0 Å². The van der Waals surface area contributed by atoms with Crippen molar-refractivity contribution in [1.29, 1.82) is 0 Å². The fourth-order valence-corrected chi connectivity index (χ4v) is 2.32. The lowest BCUT2D eigenvalue weighted by Crippen LogP contribution is -2.23. The molecule has 108 valence electrons. The SMILES string of the molecule is CSCCCCCCNC(=O)CCCCCCN. The van der Waals surface area contributed by atoms with E-state index in [1.807, 2.05) is 11.8 Å². The summed E-state index contributed by atoms with van der Waals surface area (Å²) in [6.07, 6.45) is 12.1. The first kappa shape index (κ1) is 17.8. The molecular formula is C14H30N2OS. The van der Waals surface area contributed by atoms with Crippen LogP contribution in [-0.2, 0) is 4.79 Å². The molecule has 0 bridgehead atoms. The molecule has 3 nitrogen and oxygen atoms in total. The molecule has 0 radical (unpaired) electrons. The standard InChI is InChI=1S/C14H30N2OS/c1-18-13-9-5-4-8-12-16-14(17)10-6-2-3-7-11-15/h2-13,15H2,1H3,(H,16,17). The topological polar surface area (TPSA) is 55.1 Å². The van der Waals surface area contributed by atoms with Crippen LogP contribution in [-0.4, -0.2) is 31.0 Å². The molecule has 4 heteroatoms. The quantitative estimate of drug-likeness (QED) is 0.508. The summed E-state index contributed by atoms with van der Waals surface area (Å²) >= 11 is 1.91. The maximum absolute atomic E-state index is 11.5. The number of nitrogens with two attached hydrogens (primary N) is 1. The van der Waals surface area contributed by atoms with Gasteiger partial charge in [-0.2, -0.15) is 11.8 Å². The van der Waals surface area contributed by atoms with Crippen LogP contribution in [0.3, 0.4) is 0 Å². The van der Waals surface area contributed by atoms with Gasteiger partial charge in [-0.3, -0.25) is 4.79 Å². The van der Waals surface area contributed by atoms with Gasteiger partial charge in [-0.15, -0.1) is 0 Å². The van der Waals surface area contributed by atoms with Crippen molar-refractivity contribution in [2.45, 2.75) is 57.8 Å². The molecule has 0 aromatic rings. The Labute approximate surface area is 117 Å². The zero-order valence-corrected chi connectivity index (χ0v) is 12.7. The van der Waals surface area contributed by atoms with Gasteiger partial charge >= 0.3 is 0 Å². The van der Waals surface area contributed by atoms with Crippen molar-refractivity contribution >= 4 is 17.7 Å². The predicted molar refractivity (Wildman–Crippen MR) is 82.0 cm³/mol. The van der Waals surface area contributed by atoms with Crippen LogP contribution in [0.25, 0.3) is 0 Å². The van der Waals surface area contributed by atoms with Crippen LogP contribution in [0.5, 0.6) is 0 Å². The summed E-state index contributed by atoms with van der Waals surface area (Å²) in [6, 6.07) is 0. The molecule has 0 aliphatic rings. The first-order chi connectivity index (χ1) is 8.81. The molecule has 0 saturated heterocycles. The van der Waals surface area contributed by atoms with Gasteiger partial charge in [0.05, 0.1) is 0 Å². The monoisotopic (exact) mass is 274 g/mol. The van der Waals surface area contributed by atoms with Gasteiger partial charge in [0.25, 0.3) is 0 Å². The van der Waals surface area contributed by atoms with Crippen molar-refractivity contribution in [3.8, 4) is 0 Å². The highest BCUT2D eigenvalue weighted by Gasteiger charge is 1.99. The van der Waals surface area contributed by atoms with Gasteiger partial charge in [0, 0.05) is 13.0 Å². The van der Waals surface area contributed by atoms with Gasteiger partial charge in [-0.1, -0.05) is 25.7 Å². The number of hydrogen-bond donors (Lipinski definition) is 2. The van der Waals surface area contributed by atoms with Crippen molar-refractivity contribution < 1.29 is 4.79 Å². The fraction of sp³-hybridized carbons (Fsp3) is 0.929. The first-order valence-electron chi connectivity index (χ1n) is 7.27. The van der Waals surface area contributed by atoms with Crippen LogP contribution in [0.4, 0.5) is 0 Å². The lowest BCUT2D eigenvalue weighted by molar-refractivity contribution is -0.121. The molecular weight excluding hydrogens is 244 g/mol. The minimum atomic E-state index is 0.215. The molecule has 0 unspecified atom stereocenters. The Morgan fingerprint density at radius 3 is 2.39 bits per heavy atom. The Hall–Kier alpha value is -0.220. The number of carbonyl (C=O) groups is 1. The van der Waals surface area contributed by atoms with E-state index in [4.69, 9.17) is 5.73 Å². The number of unbranched alkanes of at least 4 members (excludes halogenated alkanes) is 6. The second kappa shape index (κ2) is 14.8. The fourth-order valence-electron chi connectivity index (χ4n) is 1.82. The molecule has 1 amide bonds. The van der Waals surface area contributed by atoms with Gasteiger partial charge in [-0.05, 0) is 44.2 Å². The third-order valence-electron chi connectivity index (χ3n) is 2.96. The first-order valence-corrected chi connectivity index (χ1v) is 8.66. The summed E-state index contributed by atoms with van der Waals surface area (Å²) in [6.45, 7) is 1.61. The largest absolute Gasteiger partial charge is 0.356 e. The van der Waals surface area contributed by atoms with Crippen LogP contribution in [0, 0.1) is 0 Å². The normalized spacial score (nSPS) is 10.6. The molecule has 0 fully saturated rings. The maximum atomic E-state index is 11.5. The number of rotatable bonds is 13. The van der Waals surface area contributed by atoms with Crippen LogP contribution < -0.4 is 11.1 Å². The van der Waals surface area contributed by atoms with Crippen molar-refractivity contribution in [3.05, 3.63) is 0 Å². The van der Waals surface area contributed by atoms with Crippen molar-refractivity contribution in [1.82, 2.24) is 5.32 Å². The molecule has 0 heterocycles. The molecule has 0 aliphatic carbocycles. The molecule has 0 rings (SSSR count). The van der Waals surface area contributed by atoms with E-state index in [0.29, 0.717) is 6.42 Å². The summed E-state index contributed by atoms with van der Waals surface area (Å²) in [4.78, 5) is 11.5. The number of nitrogens with one attached hydrogen (secondary N) is 1. The van der Waals surface area contributed by atoms with Gasteiger partial charge in [0.2, 0.25) is 5.91 Å². The number of thioether (sulfide) groups is 1. The zero-order chi connectivity index (χ0) is 13.5. The lowest BCUT2D eigenvalue weighted by Gasteiger charge is -2.05. The van der Waals surface area contributed by atoms with Crippen LogP contribution >= 0.6 is 11.8 Å². The highest BCUT2D eigenvalue weighted by atomic mass is 32.2. The third kappa shape index (κ3) is 13.8. The minimum absolute atomic E-state index is 0.215. The summed E-state index contributed by atoms with van der Waals surface area (Å²) in [5.74, 6) is 1.47. The number of amides is 1. The number of carbonyl (C=O) groups excluding carboxylic acids is 1. The van der Waals surface area contributed by atoms with Crippen molar-refractivity contribution in [2.75, 3.05) is 25.1 Å². The zero-order valence-electron chi connectivity index (χ0n) is 11.9. The molecule has 0 saturated carbocycles. The molecule has 18 heavy (non-hydrogen) atoms. The molecule has 0 spiro atoms. The summed E-state index contributed by atoms with van der Waals surface area (Å²) < 4.78 is 0. The molecule has 0 aliphatic heterocycles. The summed E-state index contributed by atoms with van der Waals surface area (Å²) in [7, 11) is 0. The van der Waals surface area contributed by atoms with E-state index in [2.05, 4.69) is 11.6 Å². The molecule has 3 N–H and O–H groups in total. The predicted octanol–water partition coefficient (Wildman–Crippen LogP) is 2.94.